The number of anilines is 1. The number of nitrogens with one attached hydrogen (secondary N) is 1. The molecule has 0 aliphatic heterocycles. The lowest BCUT2D eigenvalue weighted by Crippen LogP contribution is -2.07. The molecule has 0 spiro atoms. The molecule has 1 N–H and O–H groups in total. The molecule has 0 bridgehead atoms. The first-order valence-corrected chi connectivity index (χ1v) is 7.11. The molecule has 1 atom stereocenters. The Morgan fingerprint density at radius 3 is 2.62 bits per heavy atom. The summed E-state index contributed by atoms with van der Waals surface area (Å²) in [7, 11) is 0. The minimum atomic E-state index is -0.318. The minimum absolute atomic E-state index is 0.0944. The highest BCUT2D eigenvalue weighted by molar-refractivity contribution is 5.56. The summed E-state index contributed by atoms with van der Waals surface area (Å²) in [5.74, 6) is 0. The third-order valence-electron chi connectivity index (χ3n) is 3.59. The second-order valence-corrected chi connectivity index (χ2v) is 5.23. The van der Waals surface area contributed by atoms with Gasteiger partial charge in [0.25, 0.3) is 5.69 Å². The van der Waals surface area contributed by atoms with E-state index in [1.54, 1.807) is 6.07 Å². The molecule has 4 nitrogen and oxygen atoms in total. The molecule has 0 saturated carbocycles. The van der Waals surface area contributed by atoms with Crippen LogP contribution in [0.2, 0.25) is 0 Å². The van der Waals surface area contributed by atoms with Crippen LogP contribution >= 0.6 is 0 Å². The zero-order chi connectivity index (χ0) is 15.4. The van der Waals surface area contributed by atoms with Crippen LogP contribution in [0.5, 0.6) is 0 Å². The van der Waals surface area contributed by atoms with Crippen molar-refractivity contribution in [3.8, 4) is 0 Å². The van der Waals surface area contributed by atoms with Crippen molar-refractivity contribution in [3.63, 3.8) is 0 Å². The van der Waals surface area contributed by atoms with Gasteiger partial charge in [0.15, 0.2) is 0 Å². The Kier molecular flexibility index (Phi) is 4.58. The minimum Gasteiger partial charge on any atom is -0.378 e. The van der Waals surface area contributed by atoms with E-state index in [9.17, 15) is 10.1 Å². The summed E-state index contributed by atoms with van der Waals surface area (Å²) >= 11 is 0. The molecular formula is C17H20N2O2. The van der Waals surface area contributed by atoms with Gasteiger partial charge in [0.05, 0.1) is 4.92 Å². The smallest absolute Gasteiger partial charge is 0.274 e. The molecule has 0 saturated heterocycles. The first kappa shape index (κ1) is 15.0. The Balaban J connectivity index is 2.23. The van der Waals surface area contributed by atoms with Crippen LogP contribution in [0.15, 0.2) is 42.5 Å². The zero-order valence-corrected chi connectivity index (χ0v) is 12.6. The van der Waals surface area contributed by atoms with Crippen molar-refractivity contribution < 1.29 is 4.92 Å². The van der Waals surface area contributed by atoms with Crippen LogP contribution in [0, 0.1) is 17.0 Å². The van der Waals surface area contributed by atoms with Crippen molar-refractivity contribution in [1.29, 1.82) is 0 Å². The van der Waals surface area contributed by atoms with E-state index in [0.717, 1.165) is 16.8 Å². The summed E-state index contributed by atoms with van der Waals surface area (Å²) in [6.45, 7) is 6.02. The standard InChI is InChI=1S/C17H20N2O2/c1-4-14-8-9-16(11-17(14)19(20)21)18-13(3)15-7-5-6-12(2)10-15/h5-11,13,18H,4H2,1-3H3. The predicted molar refractivity (Wildman–Crippen MR) is 85.7 cm³/mol. The Hall–Kier alpha value is -2.36. The predicted octanol–water partition coefficient (Wildman–Crippen LogP) is 4.64. The molecular weight excluding hydrogens is 264 g/mol. The van der Waals surface area contributed by atoms with Crippen molar-refractivity contribution in [1.82, 2.24) is 0 Å². The number of nitro benzene ring substituents is 1. The first-order chi connectivity index (χ1) is 10.0. The van der Waals surface area contributed by atoms with Gasteiger partial charge in [-0.25, -0.2) is 0 Å². The van der Waals surface area contributed by atoms with Crippen LogP contribution in [-0.2, 0) is 6.42 Å². The topological polar surface area (TPSA) is 55.2 Å². The largest absolute Gasteiger partial charge is 0.378 e. The molecule has 1 unspecified atom stereocenters. The maximum absolute atomic E-state index is 11.1. The summed E-state index contributed by atoms with van der Waals surface area (Å²) < 4.78 is 0. The van der Waals surface area contributed by atoms with E-state index in [2.05, 4.69) is 30.4 Å². The highest BCUT2D eigenvalue weighted by atomic mass is 16.6. The van der Waals surface area contributed by atoms with Gasteiger partial charge in [-0.1, -0.05) is 42.8 Å². The second kappa shape index (κ2) is 6.39. The normalized spacial score (nSPS) is 12.0. The molecule has 0 aromatic heterocycles. The van der Waals surface area contributed by atoms with E-state index < -0.39 is 0 Å². The highest BCUT2D eigenvalue weighted by Crippen LogP contribution is 2.26. The van der Waals surface area contributed by atoms with Crippen molar-refractivity contribution in [2.75, 3.05) is 5.32 Å². The summed E-state index contributed by atoms with van der Waals surface area (Å²) in [4.78, 5) is 10.8. The fraction of sp³-hybridized carbons (Fsp3) is 0.294. The van der Waals surface area contributed by atoms with Gasteiger partial charge in [0.2, 0.25) is 0 Å². The average molecular weight is 284 g/mol. The van der Waals surface area contributed by atoms with Crippen molar-refractivity contribution in [2.24, 2.45) is 0 Å². The molecule has 0 aliphatic carbocycles. The van der Waals surface area contributed by atoms with Crippen LogP contribution in [0.25, 0.3) is 0 Å². The fourth-order valence-electron chi connectivity index (χ4n) is 2.40. The number of rotatable bonds is 5. The lowest BCUT2D eigenvalue weighted by molar-refractivity contribution is -0.385. The maximum Gasteiger partial charge on any atom is 0.274 e. The molecule has 0 fully saturated rings. The SMILES string of the molecule is CCc1ccc(NC(C)c2cccc(C)c2)cc1[N+](=O)[O-]. The van der Waals surface area contributed by atoms with Gasteiger partial charge in [-0.3, -0.25) is 10.1 Å². The van der Waals surface area contributed by atoms with E-state index in [1.165, 1.54) is 5.56 Å². The molecule has 4 heteroatoms. The van der Waals surface area contributed by atoms with E-state index in [-0.39, 0.29) is 16.7 Å². The molecule has 110 valence electrons. The van der Waals surface area contributed by atoms with Gasteiger partial charge in [-0.2, -0.15) is 0 Å². The summed E-state index contributed by atoms with van der Waals surface area (Å²) in [6, 6.07) is 13.7. The van der Waals surface area contributed by atoms with E-state index in [0.29, 0.717) is 6.42 Å². The fourth-order valence-corrected chi connectivity index (χ4v) is 2.40. The van der Waals surface area contributed by atoms with E-state index in [1.807, 2.05) is 32.0 Å². The zero-order valence-electron chi connectivity index (χ0n) is 12.6. The van der Waals surface area contributed by atoms with Gasteiger partial charge in [-0.15, -0.1) is 0 Å². The van der Waals surface area contributed by atoms with Gasteiger partial charge in [0.1, 0.15) is 0 Å². The van der Waals surface area contributed by atoms with Gasteiger partial charge >= 0.3 is 0 Å². The molecule has 2 aromatic carbocycles. The van der Waals surface area contributed by atoms with E-state index >= 15 is 0 Å². The lowest BCUT2D eigenvalue weighted by atomic mass is 10.0. The number of benzene rings is 2. The number of hydrogen-bond donors (Lipinski definition) is 1. The van der Waals surface area contributed by atoms with Crippen molar-refractivity contribution >= 4 is 11.4 Å². The quantitative estimate of drug-likeness (QED) is 0.643. The Labute approximate surface area is 125 Å². The molecule has 0 amide bonds. The van der Waals surface area contributed by atoms with Crippen molar-refractivity contribution in [3.05, 3.63) is 69.3 Å². The second-order valence-electron chi connectivity index (χ2n) is 5.23. The lowest BCUT2D eigenvalue weighted by Gasteiger charge is -2.16. The van der Waals surface area contributed by atoms with Crippen LogP contribution in [0.3, 0.4) is 0 Å². The molecule has 2 rings (SSSR count). The molecule has 0 radical (unpaired) electrons. The molecule has 21 heavy (non-hydrogen) atoms. The first-order valence-electron chi connectivity index (χ1n) is 7.11. The monoisotopic (exact) mass is 284 g/mol. The number of nitro groups is 1. The van der Waals surface area contributed by atoms with Gasteiger partial charge < -0.3 is 5.32 Å². The van der Waals surface area contributed by atoms with Gasteiger partial charge in [-0.05, 0) is 31.9 Å². The van der Waals surface area contributed by atoms with Crippen LogP contribution in [0.4, 0.5) is 11.4 Å². The molecule has 2 aromatic rings. The number of hydrogen-bond acceptors (Lipinski definition) is 3. The molecule has 0 aliphatic rings. The number of nitrogens with zero attached hydrogens (tertiary/aromatic N) is 1. The van der Waals surface area contributed by atoms with Crippen LogP contribution in [-0.4, -0.2) is 4.92 Å². The van der Waals surface area contributed by atoms with Gasteiger partial charge in [0, 0.05) is 23.4 Å². The van der Waals surface area contributed by atoms with Crippen molar-refractivity contribution in [2.45, 2.75) is 33.2 Å². The Bertz CT molecular complexity index is 653. The summed E-state index contributed by atoms with van der Waals surface area (Å²) in [5.41, 5.74) is 4.08. The summed E-state index contributed by atoms with van der Waals surface area (Å²) in [5, 5.41) is 14.4. The van der Waals surface area contributed by atoms with Crippen LogP contribution < -0.4 is 5.32 Å². The summed E-state index contributed by atoms with van der Waals surface area (Å²) in [6.07, 6.45) is 0.657. The molecule has 0 heterocycles. The third-order valence-corrected chi connectivity index (χ3v) is 3.59. The Morgan fingerprint density at radius 2 is 2.00 bits per heavy atom. The maximum atomic E-state index is 11.1. The number of aryl methyl sites for hydroxylation is 2. The Morgan fingerprint density at radius 1 is 1.24 bits per heavy atom. The van der Waals surface area contributed by atoms with E-state index in [4.69, 9.17) is 0 Å². The van der Waals surface area contributed by atoms with Crippen LogP contribution in [0.1, 0.15) is 36.6 Å². The average Bonchev–Trinajstić information content (AvgIpc) is 2.47. The highest BCUT2D eigenvalue weighted by Gasteiger charge is 2.14. The third kappa shape index (κ3) is 3.60.